The number of nitrogens with one attached hydrogen (secondary N) is 2. The zero-order valence-corrected chi connectivity index (χ0v) is 29.0. The number of alkyl carbamates (subject to hydrolysis) is 1. The van der Waals surface area contributed by atoms with E-state index in [0.29, 0.717) is 43.0 Å². The largest absolute Gasteiger partial charge is 0.488 e. The highest BCUT2D eigenvalue weighted by molar-refractivity contribution is 9.10. The van der Waals surface area contributed by atoms with Crippen LogP contribution in [-0.4, -0.2) is 81.8 Å². The molecule has 4 aliphatic rings. The Labute approximate surface area is 288 Å². The van der Waals surface area contributed by atoms with Crippen LogP contribution in [0.1, 0.15) is 90.4 Å². The Morgan fingerprint density at radius 3 is 2.58 bits per heavy atom. The molecule has 6 rings (SSSR count). The fraction of sp³-hybridized carbons (Fsp3) is 0.629. The van der Waals surface area contributed by atoms with Crippen LogP contribution >= 0.6 is 15.9 Å². The molecule has 1 aromatic carbocycles. The summed E-state index contributed by atoms with van der Waals surface area (Å²) in [5, 5.41) is 16.7. The fourth-order valence-electron chi connectivity index (χ4n) is 7.56. The Morgan fingerprint density at radius 2 is 1.83 bits per heavy atom. The average molecular weight is 730 g/mol. The molecule has 48 heavy (non-hydrogen) atoms. The van der Waals surface area contributed by atoms with Gasteiger partial charge in [-0.3, -0.25) is 9.59 Å². The van der Waals surface area contributed by atoms with E-state index in [4.69, 9.17) is 14.2 Å². The monoisotopic (exact) mass is 728 g/mol. The number of hydrogen-bond donors (Lipinski definition) is 3. The van der Waals surface area contributed by atoms with Crippen molar-refractivity contribution in [1.82, 2.24) is 20.5 Å². The molecule has 260 valence electrons. The van der Waals surface area contributed by atoms with Gasteiger partial charge in [-0.2, -0.15) is 0 Å². The van der Waals surface area contributed by atoms with Crippen LogP contribution in [0.25, 0.3) is 10.9 Å². The highest BCUT2D eigenvalue weighted by Gasteiger charge is 2.62. The standard InChI is InChI=1S/C35H45BrN4O8/c1-2-46-29-18-28(25-14-9-15-26(36)31(25)38-29)47-24-17-27-32(42)39-35(33(43)44)19-21(35)10-5-3-4-6-11-22(16-30(41)40(27)20-24)37-34(45)48-23-12-7-8-13-23/h9,14-15,18,21-24,27H,2-8,10-13,16-17,19-20H2,1H3,(H,37,45)(H,39,42)(H,43,44)/t21-,22+,24-,27+,35-/m1/s1. The number of benzene rings is 1. The van der Waals surface area contributed by atoms with E-state index in [1.54, 1.807) is 6.07 Å². The van der Waals surface area contributed by atoms with Gasteiger partial charge in [-0.15, -0.1) is 0 Å². The number of fused-ring (bicyclic) bond motifs is 3. The second kappa shape index (κ2) is 14.9. The van der Waals surface area contributed by atoms with Crippen LogP contribution < -0.4 is 20.1 Å². The van der Waals surface area contributed by atoms with Crippen LogP contribution in [0.3, 0.4) is 0 Å². The van der Waals surface area contributed by atoms with Gasteiger partial charge >= 0.3 is 12.1 Å². The number of pyridine rings is 1. The predicted octanol–water partition coefficient (Wildman–Crippen LogP) is 5.49. The summed E-state index contributed by atoms with van der Waals surface area (Å²) >= 11 is 3.56. The molecule has 2 saturated heterocycles. The second-order valence-corrected chi connectivity index (χ2v) is 14.4. The highest BCUT2D eigenvalue weighted by Crippen LogP contribution is 2.47. The van der Waals surface area contributed by atoms with Crippen molar-refractivity contribution in [3.8, 4) is 11.6 Å². The number of aromatic nitrogens is 1. The van der Waals surface area contributed by atoms with E-state index < -0.39 is 41.7 Å². The van der Waals surface area contributed by atoms with E-state index in [1.807, 2.05) is 25.1 Å². The number of carbonyl (C=O) groups is 4. The summed E-state index contributed by atoms with van der Waals surface area (Å²) in [4.78, 5) is 59.4. The molecule has 3 amide bonds. The molecule has 12 nitrogen and oxygen atoms in total. The number of halogens is 1. The Morgan fingerprint density at radius 1 is 1.08 bits per heavy atom. The minimum Gasteiger partial charge on any atom is -0.488 e. The molecule has 2 aromatic rings. The van der Waals surface area contributed by atoms with Crippen molar-refractivity contribution in [1.29, 1.82) is 0 Å². The van der Waals surface area contributed by atoms with Gasteiger partial charge in [-0.05, 0) is 85.9 Å². The first-order valence-corrected chi connectivity index (χ1v) is 18.2. The van der Waals surface area contributed by atoms with Crippen LogP contribution in [0.5, 0.6) is 11.6 Å². The van der Waals surface area contributed by atoms with Gasteiger partial charge in [0.25, 0.3) is 0 Å². The maximum atomic E-state index is 14.1. The number of para-hydroxylation sites is 1. The summed E-state index contributed by atoms with van der Waals surface area (Å²) in [6.07, 6.45) is 7.85. The van der Waals surface area contributed by atoms with Crippen molar-refractivity contribution >= 4 is 50.7 Å². The lowest BCUT2D eigenvalue weighted by molar-refractivity contribution is -0.145. The SMILES string of the molecule is CCOc1cc(O[C@@H]2C[C@H]3C(=O)N[C@]4(C(=O)O)C[C@H]4CCCCCC[C@H](NC(=O)OC4CCCC4)CC(=O)N3C2)c2cccc(Br)c2n1. The summed E-state index contributed by atoms with van der Waals surface area (Å²) in [6.45, 7) is 2.39. The number of ether oxygens (including phenoxy) is 3. The van der Waals surface area contributed by atoms with E-state index in [-0.39, 0.29) is 37.3 Å². The number of carbonyl (C=O) groups excluding carboxylic acids is 3. The maximum Gasteiger partial charge on any atom is 0.407 e. The third kappa shape index (κ3) is 7.66. The third-order valence-corrected chi connectivity index (χ3v) is 10.8. The summed E-state index contributed by atoms with van der Waals surface area (Å²) in [7, 11) is 0. The average Bonchev–Trinajstić information content (AvgIpc) is 3.33. The number of amides is 3. The Hall–Kier alpha value is -3.61. The van der Waals surface area contributed by atoms with Crippen LogP contribution in [0.2, 0.25) is 0 Å². The molecule has 0 radical (unpaired) electrons. The summed E-state index contributed by atoms with van der Waals surface area (Å²) < 4.78 is 18.7. The van der Waals surface area contributed by atoms with Crippen molar-refractivity contribution < 1.29 is 38.5 Å². The molecule has 0 unspecified atom stereocenters. The van der Waals surface area contributed by atoms with Crippen molar-refractivity contribution in [2.75, 3.05) is 13.2 Å². The van der Waals surface area contributed by atoms with Crippen molar-refractivity contribution in [3.63, 3.8) is 0 Å². The third-order valence-electron chi connectivity index (χ3n) is 10.2. The lowest BCUT2D eigenvalue weighted by Crippen LogP contribution is -2.53. The molecule has 2 aliphatic carbocycles. The zero-order chi connectivity index (χ0) is 33.8. The lowest BCUT2D eigenvalue weighted by atomic mass is 10.0. The first-order chi connectivity index (χ1) is 23.2. The van der Waals surface area contributed by atoms with Crippen molar-refractivity contribution in [2.24, 2.45) is 5.92 Å². The van der Waals surface area contributed by atoms with Gasteiger partial charge in [-0.25, -0.2) is 14.6 Å². The Balaban J connectivity index is 1.25. The van der Waals surface area contributed by atoms with Gasteiger partial charge in [0.05, 0.1) is 18.7 Å². The summed E-state index contributed by atoms with van der Waals surface area (Å²) in [5.41, 5.74) is -0.666. The number of hydrogen-bond acceptors (Lipinski definition) is 8. The van der Waals surface area contributed by atoms with E-state index in [1.165, 1.54) is 4.90 Å². The van der Waals surface area contributed by atoms with Crippen molar-refractivity contribution in [3.05, 3.63) is 28.7 Å². The molecule has 4 fully saturated rings. The first kappa shape index (κ1) is 34.3. The summed E-state index contributed by atoms with van der Waals surface area (Å²) in [5.74, 6) is -1.12. The van der Waals surface area contributed by atoms with Gasteiger partial charge in [0.15, 0.2) is 0 Å². The normalized spacial score (nSPS) is 28.4. The van der Waals surface area contributed by atoms with E-state index >= 15 is 0 Å². The van der Waals surface area contributed by atoms with E-state index in [2.05, 4.69) is 31.5 Å². The van der Waals surface area contributed by atoms with Gasteiger partial charge in [-0.1, -0.05) is 31.7 Å². The molecule has 2 aliphatic heterocycles. The van der Waals surface area contributed by atoms with E-state index in [9.17, 15) is 24.3 Å². The molecule has 0 spiro atoms. The molecule has 2 saturated carbocycles. The number of carboxylic acid groups (broad SMARTS) is 1. The highest BCUT2D eigenvalue weighted by atomic mass is 79.9. The first-order valence-electron chi connectivity index (χ1n) is 17.4. The molecule has 1 aromatic heterocycles. The second-order valence-electron chi connectivity index (χ2n) is 13.6. The lowest BCUT2D eigenvalue weighted by Gasteiger charge is -2.27. The molecular formula is C35H45BrN4O8. The number of aliphatic carboxylic acids is 1. The van der Waals surface area contributed by atoms with Crippen LogP contribution in [0, 0.1) is 5.92 Å². The number of nitrogens with zero attached hydrogens (tertiary/aromatic N) is 2. The Kier molecular flexibility index (Phi) is 10.6. The Bertz CT molecular complexity index is 1530. The molecule has 3 N–H and O–H groups in total. The van der Waals surface area contributed by atoms with E-state index in [0.717, 1.165) is 61.2 Å². The molecule has 0 bridgehead atoms. The van der Waals surface area contributed by atoms with Gasteiger partial charge in [0, 0.05) is 34.8 Å². The summed E-state index contributed by atoms with van der Waals surface area (Å²) in [6, 6.07) is 5.94. The fourth-order valence-corrected chi connectivity index (χ4v) is 8.02. The number of rotatable bonds is 7. The minimum absolute atomic E-state index is 0.0113. The van der Waals surface area contributed by atoms with Crippen molar-refractivity contribution in [2.45, 2.75) is 120 Å². The number of carboxylic acids is 1. The maximum absolute atomic E-state index is 14.1. The van der Waals surface area contributed by atoms with Crippen LogP contribution in [-0.2, 0) is 19.1 Å². The molecule has 13 heteroatoms. The van der Waals surface area contributed by atoms with Crippen LogP contribution in [0.15, 0.2) is 28.7 Å². The van der Waals surface area contributed by atoms with Gasteiger partial charge in [0.2, 0.25) is 17.7 Å². The van der Waals surface area contributed by atoms with Gasteiger partial charge in [0.1, 0.15) is 29.5 Å². The molecular weight excluding hydrogens is 684 g/mol. The quantitative estimate of drug-likeness (QED) is 0.336. The minimum atomic E-state index is -1.32. The molecule has 5 atom stereocenters. The predicted molar refractivity (Wildman–Crippen MR) is 180 cm³/mol. The zero-order valence-electron chi connectivity index (χ0n) is 27.4. The van der Waals surface area contributed by atoms with Gasteiger partial charge < -0.3 is 34.9 Å². The molecule has 3 heterocycles. The van der Waals surface area contributed by atoms with Crippen LogP contribution in [0.4, 0.5) is 4.79 Å². The smallest absolute Gasteiger partial charge is 0.407 e. The topological polar surface area (TPSA) is 156 Å².